The fourth-order valence-corrected chi connectivity index (χ4v) is 3.56. The molecule has 0 aliphatic rings. The number of carbonyl (C=O) groups excluding carboxylic acids is 1. The van der Waals surface area contributed by atoms with E-state index in [9.17, 15) is 18.0 Å². The van der Waals surface area contributed by atoms with E-state index >= 15 is 0 Å². The second-order valence-electron chi connectivity index (χ2n) is 7.74. The van der Waals surface area contributed by atoms with E-state index in [0.29, 0.717) is 35.0 Å². The molecule has 0 aliphatic carbocycles. The third kappa shape index (κ3) is 10.2. The number of benzene rings is 1. The maximum Gasteiger partial charge on any atom is 0.416 e. The zero-order valence-electron chi connectivity index (χ0n) is 21.0. The summed E-state index contributed by atoms with van der Waals surface area (Å²) >= 11 is 1.38. The quantitative estimate of drug-likeness (QED) is 0.190. The highest BCUT2D eigenvalue weighted by molar-refractivity contribution is 7.98. The van der Waals surface area contributed by atoms with Crippen molar-refractivity contribution in [3.05, 3.63) is 29.3 Å². The highest BCUT2D eigenvalue weighted by atomic mass is 32.2. The van der Waals surface area contributed by atoms with Crippen LogP contribution in [0, 0.1) is 11.3 Å². The summed E-state index contributed by atoms with van der Waals surface area (Å²) in [7, 11) is 0. The normalized spacial score (nSPS) is 10.9. The lowest BCUT2D eigenvalue weighted by atomic mass is 10.1. The second-order valence-corrected chi connectivity index (χ2v) is 8.53. The summed E-state index contributed by atoms with van der Waals surface area (Å²) in [5, 5.41) is 17.9. The minimum Gasteiger partial charge on any atom is -0.384 e. The molecule has 0 unspecified atom stereocenters. The number of anilines is 4. The van der Waals surface area contributed by atoms with Gasteiger partial charge < -0.3 is 26.6 Å². The Morgan fingerprint density at radius 2 is 1.83 bits per heavy atom. The molecule has 36 heavy (non-hydrogen) atoms. The smallest absolute Gasteiger partial charge is 0.384 e. The van der Waals surface area contributed by atoms with Gasteiger partial charge in [0.05, 0.1) is 5.56 Å². The van der Waals surface area contributed by atoms with Gasteiger partial charge in [-0.15, -0.1) is 11.8 Å². The van der Waals surface area contributed by atoms with Gasteiger partial charge in [0.25, 0.3) is 0 Å². The summed E-state index contributed by atoms with van der Waals surface area (Å²) in [5.74, 6) is 0.686. The number of hydrogen-bond donors (Lipinski definition) is 4. The molecule has 0 fully saturated rings. The zero-order valence-corrected chi connectivity index (χ0v) is 21.8. The Labute approximate surface area is 214 Å². The maximum absolute atomic E-state index is 12.8. The Hall–Kier alpha value is -3.24. The lowest BCUT2D eigenvalue weighted by molar-refractivity contribution is -0.137. The number of nitrogen functional groups attached to an aromatic ring is 1. The van der Waals surface area contributed by atoms with Crippen LogP contribution in [0.15, 0.2) is 23.2 Å². The van der Waals surface area contributed by atoms with Crippen molar-refractivity contribution in [1.29, 1.82) is 5.26 Å². The molecule has 13 heteroatoms. The molecule has 2 aromatic rings. The average molecular weight is 527 g/mol. The Bertz CT molecular complexity index is 1020. The molecule has 2 rings (SSSR count). The van der Waals surface area contributed by atoms with E-state index in [2.05, 4.69) is 36.9 Å². The number of carbonyl (C=O) groups is 1. The van der Waals surface area contributed by atoms with Crippen LogP contribution < -0.4 is 21.7 Å². The molecule has 9 nitrogen and oxygen atoms in total. The molecule has 1 aromatic carbocycles. The minimum atomic E-state index is -4.45. The van der Waals surface area contributed by atoms with Gasteiger partial charge >= 0.3 is 6.18 Å². The van der Waals surface area contributed by atoms with Crippen molar-refractivity contribution < 1.29 is 18.0 Å². The van der Waals surface area contributed by atoms with Gasteiger partial charge in [0, 0.05) is 30.5 Å². The van der Waals surface area contributed by atoms with Gasteiger partial charge in [0.2, 0.25) is 12.4 Å². The van der Waals surface area contributed by atoms with E-state index in [1.807, 2.05) is 34.0 Å². The van der Waals surface area contributed by atoms with Crippen molar-refractivity contribution >= 4 is 41.3 Å². The van der Waals surface area contributed by atoms with E-state index in [0.717, 1.165) is 31.8 Å². The lowest BCUT2D eigenvalue weighted by Gasteiger charge is -2.19. The molecule has 0 saturated heterocycles. The van der Waals surface area contributed by atoms with Crippen molar-refractivity contribution in [2.45, 2.75) is 44.9 Å². The molecule has 0 aliphatic heterocycles. The number of nitrogens with two attached hydrogens (primary N) is 1. The van der Waals surface area contributed by atoms with Crippen LogP contribution in [0.1, 0.15) is 38.8 Å². The topological polar surface area (TPSA) is 132 Å². The number of amides is 1. The van der Waals surface area contributed by atoms with Gasteiger partial charge in [-0.1, -0.05) is 13.8 Å². The summed E-state index contributed by atoms with van der Waals surface area (Å²) in [6.07, 6.45) is -2.24. The number of nitrogens with zero attached hydrogens (tertiary/aromatic N) is 4. The number of likely N-dealkylation sites (N-methyl/N-ethyl adjacent to an activating group) is 1. The number of rotatable bonds is 11. The summed E-state index contributed by atoms with van der Waals surface area (Å²) in [4.78, 5) is 20.6. The van der Waals surface area contributed by atoms with Crippen molar-refractivity contribution in [1.82, 2.24) is 14.9 Å². The molecular formula is C23H33F3N8OS. The molecule has 0 saturated carbocycles. The number of aromatic nitrogens is 2. The Kier molecular flexibility index (Phi) is 12.8. The first-order valence-electron chi connectivity index (χ1n) is 11.3. The molecule has 0 bridgehead atoms. The number of alkyl halides is 3. The fraction of sp³-hybridized carbons (Fsp3) is 0.478. The predicted octanol–water partition coefficient (Wildman–Crippen LogP) is 4.50. The van der Waals surface area contributed by atoms with Gasteiger partial charge in [0.15, 0.2) is 5.82 Å². The number of nitriles is 1. The van der Waals surface area contributed by atoms with Crippen LogP contribution in [0.3, 0.4) is 0 Å². The van der Waals surface area contributed by atoms with Crippen LogP contribution in [0.2, 0.25) is 0 Å². The number of hydrogen-bond acceptors (Lipinski definition) is 9. The van der Waals surface area contributed by atoms with Crippen LogP contribution in [0.5, 0.6) is 0 Å². The second kappa shape index (κ2) is 15.0. The molecule has 198 valence electrons. The monoisotopic (exact) mass is 526 g/mol. The first-order chi connectivity index (χ1) is 17.0. The van der Waals surface area contributed by atoms with E-state index in [-0.39, 0.29) is 17.7 Å². The van der Waals surface area contributed by atoms with Crippen LogP contribution in [0.25, 0.3) is 0 Å². The molecule has 1 aromatic heterocycles. The number of nitrogens with one attached hydrogen (secondary N) is 3. The molecule has 0 spiro atoms. The van der Waals surface area contributed by atoms with Gasteiger partial charge in [-0.05, 0) is 51.4 Å². The minimum absolute atomic E-state index is 0.116. The summed E-state index contributed by atoms with van der Waals surface area (Å²) in [6.45, 7) is 11.0. The largest absolute Gasteiger partial charge is 0.416 e. The Balaban J connectivity index is 0.000000381. The van der Waals surface area contributed by atoms with E-state index in [4.69, 9.17) is 11.0 Å². The summed E-state index contributed by atoms with van der Waals surface area (Å²) < 4.78 is 38.4. The Morgan fingerprint density at radius 1 is 1.19 bits per heavy atom. The van der Waals surface area contributed by atoms with Crippen molar-refractivity contribution in [3.8, 4) is 6.07 Å². The van der Waals surface area contributed by atoms with E-state index in [1.165, 1.54) is 17.8 Å². The van der Waals surface area contributed by atoms with Crippen molar-refractivity contribution in [2.24, 2.45) is 0 Å². The zero-order chi connectivity index (χ0) is 27.3. The fourth-order valence-electron chi connectivity index (χ4n) is 3.03. The predicted molar refractivity (Wildman–Crippen MR) is 139 cm³/mol. The first kappa shape index (κ1) is 30.8. The third-order valence-electron chi connectivity index (χ3n) is 4.76. The molecule has 0 radical (unpaired) electrons. The number of halogens is 3. The molecule has 0 atom stereocenters. The van der Waals surface area contributed by atoms with Gasteiger partial charge in [-0.3, -0.25) is 4.79 Å². The lowest BCUT2D eigenvalue weighted by Crippen LogP contribution is -2.28. The third-order valence-corrected chi connectivity index (χ3v) is 5.44. The van der Waals surface area contributed by atoms with Crippen molar-refractivity contribution in [2.75, 3.05) is 54.1 Å². The highest BCUT2D eigenvalue weighted by Crippen LogP contribution is 2.33. The maximum atomic E-state index is 12.8. The highest BCUT2D eigenvalue weighted by Gasteiger charge is 2.31. The van der Waals surface area contributed by atoms with Gasteiger partial charge in [-0.2, -0.15) is 23.4 Å². The average Bonchev–Trinajstić information content (AvgIpc) is 2.81. The van der Waals surface area contributed by atoms with Crippen molar-refractivity contribution in [3.63, 3.8) is 0 Å². The summed E-state index contributed by atoms with van der Waals surface area (Å²) in [6, 6.07) is 5.70. The van der Waals surface area contributed by atoms with Crippen LogP contribution >= 0.6 is 11.8 Å². The Morgan fingerprint density at radius 3 is 2.33 bits per heavy atom. The summed E-state index contributed by atoms with van der Waals surface area (Å²) in [5.41, 5.74) is 5.66. The standard InChI is InChI=1S/C14H20F3N3O.C9H13N5S/c1-3-20(4-2)6-5-18-12-7-11(14(15,16)17)8-13(9-12)19-10-21;1-5(2)12-7-6(4-10)8(15-3)14-9(11)13-7/h7-10,18H,3-6H2,1-2H3,(H,19,21);5H,1-3H3,(H3,11,12,13,14). The molecule has 1 heterocycles. The van der Waals surface area contributed by atoms with E-state index < -0.39 is 11.7 Å². The van der Waals surface area contributed by atoms with Crippen LogP contribution in [-0.2, 0) is 11.0 Å². The van der Waals surface area contributed by atoms with Crippen LogP contribution in [0.4, 0.5) is 36.3 Å². The molecular weight excluding hydrogens is 493 g/mol. The van der Waals surface area contributed by atoms with Gasteiger partial charge in [0.1, 0.15) is 16.7 Å². The van der Waals surface area contributed by atoms with Gasteiger partial charge in [-0.25, -0.2) is 4.98 Å². The van der Waals surface area contributed by atoms with E-state index in [1.54, 1.807) is 0 Å². The molecule has 1 amide bonds. The molecule has 5 N–H and O–H groups in total. The SMILES string of the molecule is CCN(CC)CCNc1cc(NC=O)cc(C(F)(F)F)c1.CSc1nc(N)nc(NC(C)C)c1C#N. The van der Waals surface area contributed by atoms with Crippen LogP contribution in [-0.4, -0.2) is 59.8 Å². The first-order valence-corrected chi connectivity index (χ1v) is 12.5. The number of thioether (sulfide) groups is 1.